The van der Waals surface area contributed by atoms with E-state index in [-0.39, 0.29) is 6.10 Å². The maximum absolute atomic E-state index is 6.28. The molecule has 0 saturated carbocycles. The zero-order valence-electron chi connectivity index (χ0n) is 14.3. The summed E-state index contributed by atoms with van der Waals surface area (Å²) >= 11 is 6.28. The number of rotatable bonds is 6. The zero-order chi connectivity index (χ0) is 17.8. The number of hydrogen-bond acceptors (Lipinski definition) is 5. The second kappa shape index (κ2) is 7.68. The SMILES string of the molecule is COC(c1ccccc1)c1nc(-c2ccc(OC(C)C)c(Cl)c2)no1. The van der Waals surface area contributed by atoms with E-state index in [1.54, 1.807) is 19.2 Å². The van der Waals surface area contributed by atoms with Crippen LogP contribution in [0.4, 0.5) is 0 Å². The third kappa shape index (κ3) is 4.00. The van der Waals surface area contributed by atoms with Crippen LogP contribution >= 0.6 is 11.6 Å². The maximum atomic E-state index is 6.28. The first-order valence-electron chi connectivity index (χ1n) is 7.96. The van der Waals surface area contributed by atoms with Crippen LogP contribution in [0.3, 0.4) is 0 Å². The van der Waals surface area contributed by atoms with Gasteiger partial charge in [0, 0.05) is 12.7 Å². The molecule has 0 fully saturated rings. The summed E-state index contributed by atoms with van der Waals surface area (Å²) in [5.41, 5.74) is 1.69. The van der Waals surface area contributed by atoms with Gasteiger partial charge in [-0.1, -0.05) is 47.1 Å². The Balaban J connectivity index is 1.87. The lowest BCUT2D eigenvalue weighted by molar-refractivity contribution is 0.105. The van der Waals surface area contributed by atoms with E-state index in [9.17, 15) is 0 Å². The fraction of sp³-hybridized carbons (Fsp3) is 0.263. The predicted octanol–water partition coefficient (Wildman–Crippen LogP) is 4.91. The molecule has 130 valence electrons. The van der Waals surface area contributed by atoms with Crippen LogP contribution in [-0.4, -0.2) is 23.4 Å². The fourth-order valence-corrected chi connectivity index (χ4v) is 2.68. The van der Waals surface area contributed by atoms with Crippen molar-refractivity contribution in [1.29, 1.82) is 0 Å². The highest BCUT2D eigenvalue weighted by Crippen LogP contribution is 2.31. The van der Waals surface area contributed by atoms with E-state index < -0.39 is 6.10 Å². The highest BCUT2D eigenvalue weighted by atomic mass is 35.5. The van der Waals surface area contributed by atoms with Crippen LogP contribution in [-0.2, 0) is 4.74 Å². The summed E-state index contributed by atoms with van der Waals surface area (Å²) in [5.74, 6) is 1.47. The monoisotopic (exact) mass is 358 g/mol. The van der Waals surface area contributed by atoms with Gasteiger partial charge in [0.05, 0.1) is 11.1 Å². The largest absolute Gasteiger partial charge is 0.489 e. The molecule has 0 N–H and O–H groups in total. The average molecular weight is 359 g/mol. The highest BCUT2D eigenvalue weighted by molar-refractivity contribution is 6.32. The third-order valence-corrected chi connectivity index (χ3v) is 3.85. The van der Waals surface area contributed by atoms with Crippen LogP contribution in [0.15, 0.2) is 53.1 Å². The van der Waals surface area contributed by atoms with Crippen LogP contribution in [0.25, 0.3) is 11.4 Å². The molecule has 0 aliphatic heterocycles. The molecule has 0 bridgehead atoms. The lowest BCUT2D eigenvalue weighted by Gasteiger charge is -2.11. The Bertz CT molecular complexity index is 834. The van der Waals surface area contributed by atoms with Crippen molar-refractivity contribution in [2.75, 3.05) is 7.11 Å². The smallest absolute Gasteiger partial charge is 0.260 e. The van der Waals surface area contributed by atoms with Crippen molar-refractivity contribution >= 4 is 11.6 Å². The Kier molecular flexibility index (Phi) is 5.36. The minimum absolute atomic E-state index is 0.0495. The molecule has 0 radical (unpaired) electrons. The predicted molar refractivity (Wildman–Crippen MR) is 95.8 cm³/mol. The summed E-state index contributed by atoms with van der Waals surface area (Å²) in [4.78, 5) is 4.46. The van der Waals surface area contributed by atoms with Crippen molar-refractivity contribution in [3.63, 3.8) is 0 Å². The highest BCUT2D eigenvalue weighted by Gasteiger charge is 2.21. The molecule has 1 aromatic heterocycles. The lowest BCUT2D eigenvalue weighted by Crippen LogP contribution is -2.05. The van der Waals surface area contributed by atoms with Crippen molar-refractivity contribution in [3.05, 3.63) is 65.0 Å². The summed E-state index contributed by atoms with van der Waals surface area (Å²) in [5, 5.41) is 4.55. The maximum Gasteiger partial charge on any atom is 0.260 e. The summed E-state index contributed by atoms with van der Waals surface area (Å²) in [6.45, 7) is 3.90. The fourth-order valence-electron chi connectivity index (χ4n) is 2.46. The van der Waals surface area contributed by atoms with Crippen LogP contribution in [0.1, 0.15) is 31.4 Å². The molecule has 0 spiro atoms. The zero-order valence-corrected chi connectivity index (χ0v) is 15.0. The number of aromatic nitrogens is 2. The van der Waals surface area contributed by atoms with Gasteiger partial charge in [-0.15, -0.1) is 0 Å². The van der Waals surface area contributed by atoms with E-state index in [0.717, 1.165) is 11.1 Å². The minimum Gasteiger partial charge on any atom is -0.489 e. The van der Waals surface area contributed by atoms with E-state index >= 15 is 0 Å². The van der Waals surface area contributed by atoms with Gasteiger partial charge in [0.2, 0.25) is 5.82 Å². The molecule has 0 amide bonds. The Labute approximate surface area is 151 Å². The summed E-state index contributed by atoms with van der Waals surface area (Å²) in [7, 11) is 1.61. The number of nitrogens with zero attached hydrogens (tertiary/aromatic N) is 2. The first kappa shape index (κ1) is 17.5. The lowest BCUT2D eigenvalue weighted by atomic mass is 10.1. The molecule has 2 aromatic carbocycles. The molecule has 3 aromatic rings. The van der Waals surface area contributed by atoms with E-state index in [0.29, 0.717) is 22.5 Å². The molecule has 3 rings (SSSR count). The number of hydrogen-bond donors (Lipinski definition) is 0. The van der Waals surface area contributed by atoms with Crippen LogP contribution < -0.4 is 4.74 Å². The topological polar surface area (TPSA) is 57.4 Å². The molecular weight excluding hydrogens is 340 g/mol. The van der Waals surface area contributed by atoms with Gasteiger partial charge in [-0.25, -0.2) is 0 Å². The van der Waals surface area contributed by atoms with Gasteiger partial charge in [0.15, 0.2) is 6.10 Å². The molecule has 0 aliphatic carbocycles. The molecule has 25 heavy (non-hydrogen) atoms. The Morgan fingerprint density at radius 1 is 1.08 bits per heavy atom. The molecule has 5 nitrogen and oxygen atoms in total. The number of ether oxygens (including phenoxy) is 2. The molecule has 6 heteroatoms. The van der Waals surface area contributed by atoms with Gasteiger partial charge >= 0.3 is 0 Å². The van der Waals surface area contributed by atoms with Crippen LogP contribution in [0.5, 0.6) is 5.75 Å². The first-order valence-corrected chi connectivity index (χ1v) is 8.34. The van der Waals surface area contributed by atoms with Gasteiger partial charge in [-0.3, -0.25) is 0 Å². The summed E-state index contributed by atoms with van der Waals surface area (Å²) in [6.07, 6.45) is -0.366. The molecule has 1 unspecified atom stereocenters. The average Bonchev–Trinajstić information content (AvgIpc) is 3.08. The van der Waals surface area contributed by atoms with Gasteiger partial charge in [-0.05, 0) is 37.6 Å². The molecule has 0 aliphatic rings. The van der Waals surface area contributed by atoms with Crippen molar-refractivity contribution in [1.82, 2.24) is 10.1 Å². The normalized spacial score (nSPS) is 12.4. The third-order valence-electron chi connectivity index (χ3n) is 3.56. The molecule has 1 atom stereocenters. The minimum atomic E-state index is -0.415. The standard InChI is InChI=1S/C19H19ClN2O3/c1-12(2)24-16-10-9-14(11-15(16)20)18-21-19(25-22-18)17(23-3)13-7-5-4-6-8-13/h4-12,17H,1-3H3. The van der Waals surface area contributed by atoms with Gasteiger partial charge in [-0.2, -0.15) is 4.98 Å². The van der Waals surface area contributed by atoms with Gasteiger partial charge in [0.1, 0.15) is 5.75 Å². The second-order valence-corrected chi connectivity index (χ2v) is 6.20. The van der Waals surface area contributed by atoms with E-state index in [1.165, 1.54) is 0 Å². The molecule has 0 saturated heterocycles. The van der Waals surface area contributed by atoms with Gasteiger partial charge in [0.25, 0.3) is 5.89 Å². The van der Waals surface area contributed by atoms with Gasteiger partial charge < -0.3 is 14.0 Å². The van der Waals surface area contributed by atoms with E-state index in [2.05, 4.69) is 10.1 Å². The van der Waals surface area contributed by atoms with Crippen molar-refractivity contribution in [3.8, 4) is 17.1 Å². The molecule has 1 heterocycles. The van der Waals surface area contributed by atoms with Crippen molar-refractivity contribution < 1.29 is 14.0 Å². The Morgan fingerprint density at radius 3 is 2.48 bits per heavy atom. The van der Waals surface area contributed by atoms with Crippen LogP contribution in [0.2, 0.25) is 5.02 Å². The number of halogens is 1. The first-order chi connectivity index (χ1) is 12.1. The number of methoxy groups -OCH3 is 1. The Hall–Kier alpha value is -2.37. The number of benzene rings is 2. The quantitative estimate of drug-likeness (QED) is 0.626. The molecular formula is C19H19ClN2O3. The van der Waals surface area contributed by atoms with E-state index in [4.69, 9.17) is 25.6 Å². The van der Waals surface area contributed by atoms with E-state index in [1.807, 2.05) is 50.2 Å². The Morgan fingerprint density at radius 2 is 1.84 bits per heavy atom. The van der Waals surface area contributed by atoms with Crippen molar-refractivity contribution in [2.45, 2.75) is 26.1 Å². The van der Waals surface area contributed by atoms with Crippen molar-refractivity contribution in [2.24, 2.45) is 0 Å². The summed E-state index contributed by atoms with van der Waals surface area (Å²) < 4.78 is 16.6. The second-order valence-electron chi connectivity index (χ2n) is 5.79. The van der Waals surface area contributed by atoms with Crippen LogP contribution in [0, 0.1) is 0 Å². The summed E-state index contributed by atoms with van der Waals surface area (Å²) in [6, 6.07) is 15.1.